The molecule has 0 atom stereocenters. The summed E-state index contributed by atoms with van der Waals surface area (Å²) in [6, 6.07) is 15.3. The Balaban J connectivity index is 1.66. The molecule has 0 fully saturated rings. The van der Waals surface area contributed by atoms with Crippen molar-refractivity contribution < 1.29 is 14.4 Å². The van der Waals surface area contributed by atoms with Crippen LogP contribution in [-0.2, 0) is 0 Å². The third-order valence-electron chi connectivity index (χ3n) is 7.73. The van der Waals surface area contributed by atoms with E-state index in [-0.39, 0.29) is 29.8 Å². The maximum Gasteiger partial charge on any atom is 0.261 e. The summed E-state index contributed by atoms with van der Waals surface area (Å²) in [5.41, 5.74) is 2.65. The summed E-state index contributed by atoms with van der Waals surface area (Å²) in [4.78, 5) is 43.8. The van der Waals surface area contributed by atoms with Gasteiger partial charge in [-0.25, -0.2) is 0 Å². The van der Waals surface area contributed by atoms with Crippen molar-refractivity contribution in [1.29, 1.82) is 0 Å². The first-order valence-corrected chi connectivity index (χ1v) is 12.6. The predicted molar refractivity (Wildman–Crippen MR) is 146 cm³/mol. The van der Waals surface area contributed by atoms with Crippen LogP contribution in [0.3, 0.4) is 0 Å². The van der Waals surface area contributed by atoms with E-state index in [9.17, 15) is 14.4 Å². The van der Waals surface area contributed by atoms with Gasteiger partial charge in [-0.3, -0.25) is 24.2 Å². The van der Waals surface area contributed by atoms with Gasteiger partial charge in [0.25, 0.3) is 17.7 Å². The lowest BCUT2D eigenvalue weighted by Gasteiger charge is -2.33. The molecule has 0 N–H and O–H groups in total. The second-order valence-electron chi connectivity index (χ2n) is 10.3. The Bertz CT molecular complexity index is 1630. The number of hydrogen-bond acceptors (Lipinski definition) is 4. The third kappa shape index (κ3) is 2.35. The van der Waals surface area contributed by atoms with Crippen molar-refractivity contribution in [3.63, 3.8) is 0 Å². The van der Waals surface area contributed by atoms with Gasteiger partial charge in [-0.05, 0) is 78.2 Å². The fraction of sp³-hybridized carbons (Fsp3) is 0.200. The lowest BCUT2D eigenvalue weighted by molar-refractivity contribution is 0.0563. The van der Waals surface area contributed by atoms with Crippen LogP contribution in [0, 0.1) is 0 Å². The van der Waals surface area contributed by atoms with Crippen LogP contribution >= 0.6 is 12.2 Å². The molecule has 0 saturated heterocycles. The topological polar surface area (TPSA) is 57.7 Å². The van der Waals surface area contributed by atoms with Gasteiger partial charge in [0.2, 0.25) is 0 Å². The normalized spacial score (nSPS) is 15.8. The predicted octanol–water partition coefficient (Wildman–Crippen LogP) is 6.28. The van der Waals surface area contributed by atoms with E-state index >= 15 is 0 Å². The highest BCUT2D eigenvalue weighted by molar-refractivity contribution is 7.80. The summed E-state index contributed by atoms with van der Waals surface area (Å²) >= 11 is 5.79. The molecular weight excluding hydrogens is 468 g/mol. The molecule has 5 nitrogen and oxygen atoms in total. The lowest BCUT2D eigenvalue weighted by Crippen LogP contribution is -2.44. The van der Waals surface area contributed by atoms with Crippen LogP contribution in [0.5, 0.6) is 0 Å². The molecule has 6 heteroatoms. The van der Waals surface area contributed by atoms with E-state index in [0.717, 1.165) is 43.3 Å². The molecule has 0 saturated carbocycles. The van der Waals surface area contributed by atoms with Gasteiger partial charge in [-0.15, -0.1) is 0 Å². The van der Waals surface area contributed by atoms with Crippen molar-refractivity contribution in [1.82, 2.24) is 9.80 Å². The van der Waals surface area contributed by atoms with Gasteiger partial charge in [0.1, 0.15) is 4.99 Å². The summed E-state index contributed by atoms with van der Waals surface area (Å²) in [7, 11) is 0. The molecule has 5 aromatic carbocycles. The van der Waals surface area contributed by atoms with Gasteiger partial charge in [0, 0.05) is 45.1 Å². The molecule has 176 valence electrons. The maximum absolute atomic E-state index is 13.5. The number of carbonyl (C=O) groups is 3. The number of carbonyl (C=O) groups excluding carboxylic acids is 3. The van der Waals surface area contributed by atoms with Crippen LogP contribution in [0.15, 0.2) is 48.5 Å². The van der Waals surface area contributed by atoms with E-state index in [1.54, 1.807) is 4.90 Å². The van der Waals surface area contributed by atoms with Gasteiger partial charge in [-0.2, -0.15) is 0 Å². The Morgan fingerprint density at radius 2 is 0.833 bits per heavy atom. The van der Waals surface area contributed by atoms with E-state index in [1.165, 1.54) is 4.90 Å². The third-order valence-corrected chi connectivity index (χ3v) is 8.15. The van der Waals surface area contributed by atoms with Gasteiger partial charge in [-0.1, -0.05) is 42.5 Å². The molecule has 0 bridgehead atoms. The summed E-state index contributed by atoms with van der Waals surface area (Å²) in [6.45, 7) is 7.65. The zero-order chi connectivity index (χ0) is 25.2. The second-order valence-corrected chi connectivity index (χ2v) is 10.7. The van der Waals surface area contributed by atoms with Crippen LogP contribution in [0.1, 0.15) is 64.3 Å². The molecular formula is C30H22N2O3S. The molecule has 0 aliphatic carbocycles. The molecule has 0 radical (unpaired) electrons. The second kappa shape index (κ2) is 6.86. The highest BCUT2D eigenvalue weighted by Gasteiger charge is 2.37. The van der Waals surface area contributed by atoms with Crippen molar-refractivity contribution in [2.45, 2.75) is 39.8 Å². The lowest BCUT2D eigenvalue weighted by atomic mass is 9.82. The van der Waals surface area contributed by atoms with E-state index in [2.05, 4.69) is 6.07 Å². The number of amides is 3. The SMILES string of the molecule is CC(C)N1C(=O)c2ccc3c4ccc5c6c(ccc(c7ccc(c2c37)C1=O)c64)C(=S)N(C(C)C)C5=O. The maximum atomic E-state index is 13.5. The van der Waals surface area contributed by atoms with Crippen LogP contribution in [0.25, 0.3) is 43.1 Å². The van der Waals surface area contributed by atoms with Crippen LogP contribution in [0.2, 0.25) is 0 Å². The summed E-state index contributed by atoms with van der Waals surface area (Å²) in [5.74, 6) is -0.592. The zero-order valence-electron chi connectivity index (χ0n) is 20.3. The van der Waals surface area contributed by atoms with Gasteiger partial charge >= 0.3 is 0 Å². The molecule has 0 unspecified atom stereocenters. The number of hydrogen-bond donors (Lipinski definition) is 0. The molecule has 0 spiro atoms. The minimum atomic E-state index is -0.257. The van der Waals surface area contributed by atoms with E-state index in [4.69, 9.17) is 12.2 Å². The van der Waals surface area contributed by atoms with Crippen molar-refractivity contribution in [3.8, 4) is 0 Å². The first kappa shape index (κ1) is 21.4. The smallest absolute Gasteiger partial charge is 0.261 e. The molecule has 0 aromatic heterocycles. The van der Waals surface area contributed by atoms with Crippen LogP contribution in [-0.4, -0.2) is 44.6 Å². The van der Waals surface area contributed by atoms with E-state index in [1.807, 2.05) is 70.2 Å². The van der Waals surface area contributed by atoms with E-state index in [0.29, 0.717) is 27.1 Å². The largest absolute Gasteiger partial charge is 0.296 e. The number of rotatable bonds is 2. The van der Waals surface area contributed by atoms with Gasteiger partial charge in [0.15, 0.2) is 0 Å². The van der Waals surface area contributed by atoms with Crippen LogP contribution in [0.4, 0.5) is 0 Å². The Labute approximate surface area is 212 Å². The Hall–Kier alpha value is -3.90. The molecule has 7 rings (SSSR count). The Kier molecular flexibility index (Phi) is 4.07. The molecule has 5 aromatic rings. The fourth-order valence-corrected chi connectivity index (χ4v) is 6.71. The van der Waals surface area contributed by atoms with Gasteiger partial charge in [0.05, 0.1) is 0 Å². The Morgan fingerprint density at radius 3 is 1.22 bits per heavy atom. The highest BCUT2D eigenvalue weighted by atomic mass is 32.1. The summed E-state index contributed by atoms with van der Waals surface area (Å²) < 4.78 is 0. The van der Waals surface area contributed by atoms with E-state index < -0.39 is 0 Å². The van der Waals surface area contributed by atoms with Crippen molar-refractivity contribution in [2.75, 3.05) is 0 Å². The minimum Gasteiger partial charge on any atom is -0.296 e. The van der Waals surface area contributed by atoms with Crippen molar-refractivity contribution >= 4 is 78.0 Å². The molecule has 36 heavy (non-hydrogen) atoms. The number of imide groups is 1. The average Bonchev–Trinajstić information content (AvgIpc) is 2.84. The molecule has 2 heterocycles. The first-order chi connectivity index (χ1) is 17.2. The number of fused-ring (bicyclic) bond motifs is 2. The molecule has 3 amide bonds. The van der Waals surface area contributed by atoms with Crippen molar-refractivity contribution in [2.24, 2.45) is 0 Å². The summed E-state index contributed by atoms with van der Waals surface area (Å²) in [6.07, 6.45) is 0. The number of nitrogens with zero attached hydrogens (tertiary/aromatic N) is 2. The first-order valence-electron chi connectivity index (χ1n) is 12.2. The fourth-order valence-electron chi connectivity index (χ4n) is 6.24. The quantitative estimate of drug-likeness (QED) is 0.126. The van der Waals surface area contributed by atoms with Crippen molar-refractivity contribution in [3.05, 3.63) is 70.8 Å². The Morgan fingerprint density at radius 1 is 0.500 bits per heavy atom. The molecule has 2 aliphatic heterocycles. The van der Waals surface area contributed by atoms with Crippen LogP contribution < -0.4 is 0 Å². The summed E-state index contributed by atoms with van der Waals surface area (Å²) in [5, 5.41) is 7.41. The number of benzene rings is 5. The molecule has 2 aliphatic rings. The highest BCUT2D eigenvalue weighted by Crippen LogP contribution is 2.46. The number of thiocarbonyl (C=S) groups is 1. The monoisotopic (exact) mass is 490 g/mol. The minimum absolute atomic E-state index is 0.0437. The van der Waals surface area contributed by atoms with Gasteiger partial charge < -0.3 is 0 Å². The standard InChI is InChI=1S/C30H22N2O3S/c1-13(2)31-27(33)19-9-5-15-17-7-11-21-26-22(30(36)32(14(3)4)29(21)35)12-8-18(24(17)26)16-6-10-20(28(31)34)25(19)23(15)16/h5-14H,1-4H3. The zero-order valence-corrected chi connectivity index (χ0v) is 21.1. The average molecular weight is 491 g/mol.